The van der Waals surface area contributed by atoms with Crippen molar-refractivity contribution in [3.63, 3.8) is 0 Å². The van der Waals surface area contributed by atoms with Gasteiger partial charge in [-0.1, -0.05) is 17.7 Å². The highest BCUT2D eigenvalue weighted by molar-refractivity contribution is 6.30. The van der Waals surface area contributed by atoms with Crippen LogP contribution in [0.5, 0.6) is 0 Å². The molecule has 4 heteroatoms. The van der Waals surface area contributed by atoms with E-state index in [1.54, 1.807) is 6.07 Å². The zero-order valence-corrected chi connectivity index (χ0v) is 9.01. The van der Waals surface area contributed by atoms with Gasteiger partial charge in [0.05, 0.1) is 0 Å². The standard InChI is InChI=1S/C11H11ClFNO/c1-2-14-11(15)6-4-8-3-5-9(12)7-10(8)13/h3-7H,2H2,1H3,(H,14,15)/b6-4+. The van der Waals surface area contributed by atoms with Gasteiger partial charge in [0.25, 0.3) is 0 Å². The van der Waals surface area contributed by atoms with Crippen molar-refractivity contribution < 1.29 is 9.18 Å². The molecule has 15 heavy (non-hydrogen) atoms. The molecule has 0 aliphatic heterocycles. The molecule has 0 saturated carbocycles. The predicted molar refractivity (Wildman–Crippen MR) is 59.1 cm³/mol. The number of amides is 1. The van der Waals surface area contributed by atoms with Crippen LogP contribution < -0.4 is 5.32 Å². The van der Waals surface area contributed by atoms with Crippen molar-refractivity contribution in [3.8, 4) is 0 Å². The molecule has 1 rings (SSSR count). The van der Waals surface area contributed by atoms with Gasteiger partial charge in [-0.05, 0) is 25.1 Å². The van der Waals surface area contributed by atoms with Gasteiger partial charge in [0, 0.05) is 23.2 Å². The lowest BCUT2D eigenvalue weighted by atomic mass is 10.2. The molecule has 1 aromatic carbocycles. The zero-order valence-electron chi connectivity index (χ0n) is 8.26. The van der Waals surface area contributed by atoms with Crippen molar-refractivity contribution in [2.24, 2.45) is 0 Å². The molecule has 0 unspecified atom stereocenters. The van der Waals surface area contributed by atoms with Crippen molar-refractivity contribution in [2.45, 2.75) is 6.92 Å². The van der Waals surface area contributed by atoms with Crippen molar-refractivity contribution in [3.05, 3.63) is 40.7 Å². The third-order valence-corrected chi connectivity index (χ3v) is 1.96. The topological polar surface area (TPSA) is 29.1 Å². The molecule has 1 amide bonds. The maximum Gasteiger partial charge on any atom is 0.243 e. The summed E-state index contributed by atoms with van der Waals surface area (Å²) in [5.74, 6) is -0.685. The number of rotatable bonds is 3. The average molecular weight is 228 g/mol. The quantitative estimate of drug-likeness (QED) is 0.791. The molecule has 0 heterocycles. The highest BCUT2D eigenvalue weighted by atomic mass is 35.5. The molecule has 1 aromatic rings. The van der Waals surface area contributed by atoms with E-state index in [-0.39, 0.29) is 5.91 Å². The highest BCUT2D eigenvalue weighted by Gasteiger charge is 1.99. The number of hydrogen-bond acceptors (Lipinski definition) is 1. The first-order valence-corrected chi connectivity index (χ1v) is 4.92. The minimum absolute atomic E-state index is 0.244. The number of hydrogen-bond donors (Lipinski definition) is 1. The maximum atomic E-state index is 13.2. The Kier molecular flexibility index (Phi) is 4.31. The summed E-state index contributed by atoms with van der Waals surface area (Å²) in [6.45, 7) is 2.36. The second kappa shape index (κ2) is 5.51. The maximum absolute atomic E-state index is 13.2. The summed E-state index contributed by atoms with van der Waals surface area (Å²) in [5.41, 5.74) is 0.339. The SMILES string of the molecule is CCNC(=O)/C=C/c1ccc(Cl)cc1F. The third-order valence-electron chi connectivity index (χ3n) is 1.73. The Morgan fingerprint density at radius 2 is 2.33 bits per heavy atom. The molecule has 0 aliphatic rings. The predicted octanol–water partition coefficient (Wildman–Crippen LogP) is 2.63. The summed E-state index contributed by atoms with van der Waals surface area (Å²) in [6, 6.07) is 4.30. The molecule has 0 atom stereocenters. The Morgan fingerprint density at radius 1 is 1.60 bits per heavy atom. The van der Waals surface area contributed by atoms with Crippen LogP contribution in [0.4, 0.5) is 4.39 Å². The number of nitrogens with one attached hydrogen (secondary N) is 1. The van der Waals surface area contributed by atoms with Crippen molar-refractivity contribution >= 4 is 23.6 Å². The van der Waals surface area contributed by atoms with Crippen LogP contribution in [-0.2, 0) is 4.79 Å². The van der Waals surface area contributed by atoms with Gasteiger partial charge in [-0.3, -0.25) is 4.79 Å². The van der Waals surface area contributed by atoms with E-state index < -0.39 is 5.82 Å². The lowest BCUT2D eigenvalue weighted by Gasteiger charge is -1.98. The van der Waals surface area contributed by atoms with Gasteiger partial charge in [0.15, 0.2) is 0 Å². The molecular formula is C11H11ClFNO. The number of carbonyl (C=O) groups excluding carboxylic acids is 1. The Bertz CT molecular complexity index is 390. The molecule has 0 radical (unpaired) electrons. The fourth-order valence-corrected chi connectivity index (χ4v) is 1.19. The van der Waals surface area contributed by atoms with E-state index in [4.69, 9.17) is 11.6 Å². The van der Waals surface area contributed by atoms with Gasteiger partial charge < -0.3 is 5.32 Å². The van der Waals surface area contributed by atoms with Gasteiger partial charge in [-0.15, -0.1) is 0 Å². The second-order valence-corrected chi connectivity index (χ2v) is 3.33. The lowest BCUT2D eigenvalue weighted by molar-refractivity contribution is -0.116. The monoisotopic (exact) mass is 227 g/mol. The molecule has 0 spiro atoms. The van der Waals surface area contributed by atoms with Crippen LogP contribution in [0.1, 0.15) is 12.5 Å². The molecular weight excluding hydrogens is 217 g/mol. The first kappa shape index (κ1) is 11.7. The minimum Gasteiger partial charge on any atom is -0.353 e. The summed E-state index contributed by atoms with van der Waals surface area (Å²) >= 11 is 5.59. The van der Waals surface area contributed by atoms with E-state index in [0.717, 1.165) is 0 Å². The fraction of sp³-hybridized carbons (Fsp3) is 0.182. The Morgan fingerprint density at radius 3 is 2.93 bits per heavy atom. The van der Waals surface area contributed by atoms with E-state index in [1.165, 1.54) is 24.3 Å². The van der Waals surface area contributed by atoms with Crippen LogP contribution >= 0.6 is 11.6 Å². The van der Waals surface area contributed by atoms with Gasteiger partial charge in [-0.25, -0.2) is 4.39 Å². The van der Waals surface area contributed by atoms with Crippen LogP contribution in [-0.4, -0.2) is 12.5 Å². The van der Waals surface area contributed by atoms with Gasteiger partial charge in [-0.2, -0.15) is 0 Å². The van der Waals surface area contributed by atoms with Crippen LogP contribution in [0.3, 0.4) is 0 Å². The Balaban J connectivity index is 2.76. The van der Waals surface area contributed by atoms with Crippen LogP contribution in [0.2, 0.25) is 5.02 Å². The van der Waals surface area contributed by atoms with Gasteiger partial charge in [0.1, 0.15) is 5.82 Å². The van der Waals surface area contributed by atoms with E-state index in [0.29, 0.717) is 17.1 Å². The highest BCUT2D eigenvalue weighted by Crippen LogP contribution is 2.15. The van der Waals surface area contributed by atoms with Gasteiger partial charge >= 0.3 is 0 Å². The molecule has 1 N–H and O–H groups in total. The summed E-state index contributed by atoms with van der Waals surface area (Å²) in [4.78, 5) is 11.0. The normalized spacial score (nSPS) is 10.6. The molecule has 0 saturated heterocycles. The lowest BCUT2D eigenvalue weighted by Crippen LogP contribution is -2.19. The van der Waals surface area contributed by atoms with Crippen molar-refractivity contribution in [1.29, 1.82) is 0 Å². The summed E-state index contributed by atoms with van der Waals surface area (Å²) in [5, 5.41) is 2.91. The van der Waals surface area contributed by atoms with Crippen molar-refractivity contribution in [2.75, 3.05) is 6.54 Å². The largest absolute Gasteiger partial charge is 0.353 e. The summed E-state index contributed by atoms with van der Waals surface area (Å²) in [6.07, 6.45) is 2.70. The summed E-state index contributed by atoms with van der Waals surface area (Å²) < 4.78 is 13.2. The molecule has 0 aromatic heterocycles. The van der Waals surface area contributed by atoms with Crippen LogP contribution in [0.25, 0.3) is 6.08 Å². The van der Waals surface area contributed by atoms with Crippen LogP contribution in [0, 0.1) is 5.82 Å². The van der Waals surface area contributed by atoms with Crippen molar-refractivity contribution in [1.82, 2.24) is 5.32 Å². The molecule has 0 bridgehead atoms. The third kappa shape index (κ3) is 3.72. The minimum atomic E-state index is -0.442. The first-order valence-electron chi connectivity index (χ1n) is 4.54. The first-order chi connectivity index (χ1) is 7.13. The fourth-order valence-electron chi connectivity index (χ4n) is 1.04. The second-order valence-electron chi connectivity index (χ2n) is 2.89. The number of benzene rings is 1. The van der Waals surface area contributed by atoms with E-state index >= 15 is 0 Å². The van der Waals surface area contributed by atoms with E-state index in [1.807, 2.05) is 6.92 Å². The van der Waals surface area contributed by atoms with E-state index in [2.05, 4.69) is 5.32 Å². The van der Waals surface area contributed by atoms with Crippen LogP contribution in [0.15, 0.2) is 24.3 Å². The van der Waals surface area contributed by atoms with E-state index in [9.17, 15) is 9.18 Å². The van der Waals surface area contributed by atoms with Gasteiger partial charge in [0.2, 0.25) is 5.91 Å². The molecule has 0 aliphatic carbocycles. The molecule has 2 nitrogen and oxygen atoms in total. The Hall–Kier alpha value is -1.35. The number of carbonyl (C=O) groups is 1. The zero-order chi connectivity index (χ0) is 11.3. The molecule has 0 fully saturated rings. The molecule has 80 valence electrons. The smallest absolute Gasteiger partial charge is 0.243 e. The number of likely N-dealkylation sites (N-methyl/N-ethyl adjacent to an activating group) is 1. The Labute approximate surface area is 92.7 Å². The average Bonchev–Trinajstić information content (AvgIpc) is 2.17. The summed E-state index contributed by atoms with van der Waals surface area (Å²) in [7, 11) is 0. The number of halogens is 2.